The Kier molecular flexibility index (Phi) is 3.37. The van der Waals surface area contributed by atoms with E-state index in [0.717, 1.165) is 23.7 Å². The van der Waals surface area contributed by atoms with Crippen LogP contribution in [0.4, 0.5) is 10.6 Å². The third kappa shape index (κ3) is 2.26. The van der Waals surface area contributed by atoms with E-state index in [4.69, 9.17) is 0 Å². The lowest BCUT2D eigenvalue weighted by molar-refractivity contribution is -0.120. The van der Waals surface area contributed by atoms with Gasteiger partial charge in [-0.25, -0.2) is 4.79 Å². The molecular weight excluding hydrogens is 268 g/mol. The number of aryl methyl sites for hydroxylation is 2. The van der Waals surface area contributed by atoms with E-state index >= 15 is 0 Å². The van der Waals surface area contributed by atoms with Gasteiger partial charge in [-0.15, -0.1) is 0 Å². The molecule has 2 heterocycles. The number of hydrogen-bond donors (Lipinski definition) is 1. The highest BCUT2D eigenvalue weighted by atomic mass is 16.2. The fourth-order valence-corrected chi connectivity index (χ4v) is 2.84. The largest absolute Gasteiger partial charge is 0.329 e. The zero-order valence-corrected chi connectivity index (χ0v) is 12.2. The number of benzene rings is 1. The maximum Gasteiger partial charge on any atom is 0.329 e. The van der Waals surface area contributed by atoms with E-state index in [2.05, 4.69) is 23.4 Å². The molecule has 0 bridgehead atoms. The number of aromatic nitrogens is 2. The maximum atomic E-state index is 12.0. The molecule has 0 atom stereocenters. The number of carbonyl (C=O) groups excluding carboxylic acids is 2. The average molecular weight is 286 g/mol. The van der Waals surface area contributed by atoms with E-state index in [1.54, 1.807) is 4.90 Å². The summed E-state index contributed by atoms with van der Waals surface area (Å²) >= 11 is 0. The maximum absolute atomic E-state index is 12.0. The van der Waals surface area contributed by atoms with Crippen molar-refractivity contribution in [2.75, 3.05) is 11.4 Å². The number of para-hydroxylation sites is 1. The smallest absolute Gasteiger partial charge is 0.278 e. The third-order valence-corrected chi connectivity index (χ3v) is 3.76. The summed E-state index contributed by atoms with van der Waals surface area (Å²) in [5, 5.41) is 7.79. The molecule has 2 aromatic rings. The molecule has 1 saturated heterocycles. The topological polar surface area (TPSA) is 67.2 Å². The summed E-state index contributed by atoms with van der Waals surface area (Å²) in [6.07, 6.45) is 2.33. The quantitative estimate of drug-likeness (QED) is 0.938. The molecule has 1 aliphatic heterocycles. The van der Waals surface area contributed by atoms with Gasteiger partial charge in [-0.2, -0.15) is 5.10 Å². The van der Waals surface area contributed by atoms with Gasteiger partial charge in [0, 0.05) is 25.4 Å². The zero-order chi connectivity index (χ0) is 15.0. The molecule has 110 valence electrons. The Balaban J connectivity index is 2.10. The Morgan fingerprint density at radius 3 is 2.86 bits per heavy atom. The van der Waals surface area contributed by atoms with Crippen molar-refractivity contribution in [1.82, 2.24) is 15.1 Å². The highest BCUT2D eigenvalue weighted by molar-refractivity contribution is 6.09. The lowest BCUT2D eigenvalue weighted by atomic mass is 10.1. The number of hydrogen-bond acceptors (Lipinski definition) is 3. The zero-order valence-electron chi connectivity index (χ0n) is 12.2. The second-order valence-corrected chi connectivity index (χ2v) is 5.27. The second kappa shape index (κ2) is 5.20. The predicted octanol–water partition coefficient (Wildman–Crippen LogP) is 1.97. The first kappa shape index (κ1) is 13.6. The van der Waals surface area contributed by atoms with E-state index in [9.17, 15) is 9.59 Å². The molecule has 1 aromatic carbocycles. The van der Waals surface area contributed by atoms with E-state index in [1.165, 1.54) is 5.56 Å². The van der Waals surface area contributed by atoms with Gasteiger partial charge in [-0.1, -0.05) is 25.5 Å². The minimum atomic E-state index is -0.396. The fraction of sp³-hybridized carbons (Fsp3) is 0.400. The van der Waals surface area contributed by atoms with Gasteiger partial charge in [0.15, 0.2) is 5.82 Å². The summed E-state index contributed by atoms with van der Waals surface area (Å²) in [5.74, 6) is 0.388. The van der Waals surface area contributed by atoms with Crippen molar-refractivity contribution < 1.29 is 9.59 Å². The van der Waals surface area contributed by atoms with Crippen LogP contribution >= 0.6 is 0 Å². The molecule has 0 unspecified atom stereocenters. The van der Waals surface area contributed by atoms with Gasteiger partial charge in [0.05, 0.1) is 5.52 Å². The van der Waals surface area contributed by atoms with Gasteiger partial charge in [-0.05, 0) is 18.1 Å². The predicted molar refractivity (Wildman–Crippen MR) is 80.2 cm³/mol. The second-order valence-electron chi connectivity index (χ2n) is 5.27. The number of fused-ring (bicyclic) bond motifs is 1. The lowest BCUT2D eigenvalue weighted by Gasteiger charge is -2.24. The van der Waals surface area contributed by atoms with Gasteiger partial charge in [0.25, 0.3) is 0 Å². The van der Waals surface area contributed by atoms with Crippen molar-refractivity contribution in [2.45, 2.75) is 26.2 Å². The van der Waals surface area contributed by atoms with Crippen LogP contribution in [0.2, 0.25) is 0 Å². The van der Waals surface area contributed by atoms with E-state index in [0.29, 0.717) is 18.8 Å². The summed E-state index contributed by atoms with van der Waals surface area (Å²) < 4.78 is 1.82. The molecule has 6 heteroatoms. The minimum Gasteiger partial charge on any atom is -0.278 e. The Labute approximate surface area is 122 Å². The standard InChI is InChI=1S/C15H18N4O2/c1-3-5-10-6-4-7-11-13(10)18(2)17-14(11)19-9-8-12(20)16-15(19)21/h4,6-7H,3,5,8-9H2,1-2H3,(H,16,20,21). The molecule has 1 fully saturated rings. The number of anilines is 1. The number of carbonyl (C=O) groups is 2. The van der Waals surface area contributed by atoms with Crippen LogP contribution in [0.1, 0.15) is 25.3 Å². The highest BCUT2D eigenvalue weighted by Crippen LogP contribution is 2.29. The van der Waals surface area contributed by atoms with Crippen molar-refractivity contribution >= 4 is 28.7 Å². The van der Waals surface area contributed by atoms with Crippen molar-refractivity contribution in [3.05, 3.63) is 23.8 Å². The molecule has 3 amide bonds. The Morgan fingerprint density at radius 2 is 2.14 bits per heavy atom. The van der Waals surface area contributed by atoms with Crippen LogP contribution < -0.4 is 10.2 Å². The van der Waals surface area contributed by atoms with Crippen molar-refractivity contribution in [1.29, 1.82) is 0 Å². The molecule has 0 radical (unpaired) electrons. The number of urea groups is 1. The summed E-state index contributed by atoms with van der Waals surface area (Å²) in [6, 6.07) is 5.66. The van der Waals surface area contributed by atoms with Crippen LogP contribution in [0.15, 0.2) is 18.2 Å². The summed E-state index contributed by atoms with van der Waals surface area (Å²) in [6.45, 7) is 2.51. The summed E-state index contributed by atoms with van der Waals surface area (Å²) in [7, 11) is 1.89. The normalized spacial score (nSPS) is 15.6. The number of amides is 3. The summed E-state index contributed by atoms with van der Waals surface area (Å²) in [5.41, 5.74) is 2.28. The van der Waals surface area contributed by atoms with Gasteiger partial charge >= 0.3 is 6.03 Å². The van der Waals surface area contributed by atoms with Gasteiger partial charge < -0.3 is 0 Å². The van der Waals surface area contributed by atoms with Gasteiger partial charge in [0.1, 0.15) is 0 Å². The SMILES string of the molecule is CCCc1cccc2c(N3CCC(=O)NC3=O)nn(C)c12. The molecule has 1 N–H and O–H groups in total. The first-order valence-electron chi connectivity index (χ1n) is 7.17. The van der Waals surface area contributed by atoms with Crippen molar-refractivity contribution in [3.8, 4) is 0 Å². The Morgan fingerprint density at radius 1 is 1.33 bits per heavy atom. The van der Waals surface area contributed by atoms with Crippen molar-refractivity contribution in [2.24, 2.45) is 7.05 Å². The monoisotopic (exact) mass is 286 g/mol. The fourth-order valence-electron chi connectivity index (χ4n) is 2.84. The molecule has 0 spiro atoms. The molecule has 21 heavy (non-hydrogen) atoms. The lowest BCUT2D eigenvalue weighted by Crippen LogP contribution is -2.49. The number of nitrogens with zero attached hydrogens (tertiary/aromatic N) is 3. The molecule has 0 aliphatic carbocycles. The molecular formula is C15H18N4O2. The number of imide groups is 1. The van der Waals surface area contributed by atoms with Crippen LogP contribution in [0.3, 0.4) is 0 Å². The third-order valence-electron chi connectivity index (χ3n) is 3.76. The van der Waals surface area contributed by atoms with Crippen molar-refractivity contribution in [3.63, 3.8) is 0 Å². The van der Waals surface area contributed by atoms with Crippen LogP contribution in [-0.4, -0.2) is 28.3 Å². The molecule has 1 aromatic heterocycles. The van der Waals surface area contributed by atoms with E-state index in [-0.39, 0.29) is 5.91 Å². The Bertz CT molecular complexity index is 720. The number of nitrogens with one attached hydrogen (secondary N) is 1. The highest BCUT2D eigenvalue weighted by Gasteiger charge is 2.28. The Hall–Kier alpha value is -2.37. The van der Waals surface area contributed by atoms with Crippen LogP contribution in [0.25, 0.3) is 10.9 Å². The molecule has 1 aliphatic rings. The van der Waals surface area contributed by atoms with Crippen LogP contribution in [-0.2, 0) is 18.3 Å². The first-order chi connectivity index (χ1) is 10.1. The summed E-state index contributed by atoms with van der Waals surface area (Å²) in [4.78, 5) is 24.8. The van der Waals surface area contributed by atoms with Gasteiger partial charge in [0.2, 0.25) is 5.91 Å². The molecule has 3 rings (SSSR count). The molecule has 0 saturated carbocycles. The van der Waals surface area contributed by atoms with Crippen LogP contribution in [0.5, 0.6) is 0 Å². The average Bonchev–Trinajstić information content (AvgIpc) is 2.78. The van der Waals surface area contributed by atoms with Gasteiger partial charge in [-0.3, -0.25) is 19.7 Å². The first-order valence-corrected chi connectivity index (χ1v) is 7.17. The number of rotatable bonds is 3. The minimum absolute atomic E-state index is 0.233. The van der Waals surface area contributed by atoms with E-state index < -0.39 is 6.03 Å². The van der Waals surface area contributed by atoms with Crippen LogP contribution in [0, 0.1) is 0 Å². The van der Waals surface area contributed by atoms with E-state index in [1.807, 2.05) is 23.9 Å². The molecule has 6 nitrogen and oxygen atoms in total.